The first-order chi connectivity index (χ1) is 14.5. The average Bonchev–Trinajstić information content (AvgIpc) is 3.34. The number of urea groups is 1. The van der Waals surface area contributed by atoms with Gasteiger partial charge in [-0.05, 0) is 63.7 Å². The SMILES string of the molecule is CC(C)(Sc1cnc(NC(=O)N(C2CCCC2)C2CCC(C(C)(C)C)CC2)s1)C(=O)O. The second kappa shape index (κ2) is 9.69. The molecule has 0 radical (unpaired) electrons. The Morgan fingerprint density at radius 1 is 1.06 bits per heavy atom. The Hall–Kier alpha value is -1.28. The summed E-state index contributed by atoms with van der Waals surface area (Å²) >= 11 is 2.60. The van der Waals surface area contributed by atoms with Gasteiger partial charge in [0.05, 0.1) is 10.4 Å². The lowest BCUT2D eigenvalue weighted by Gasteiger charge is -2.43. The van der Waals surface area contributed by atoms with E-state index in [0.29, 0.717) is 28.5 Å². The van der Waals surface area contributed by atoms with Gasteiger partial charge in [-0.25, -0.2) is 9.78 Å². The van der Waals surface area contributed by atoms with Crippen molar-refractivity contribution < 1.29 is 14.7 Å². The van der Waals surface area contributed by atoms with Gasteiger partial charge >= 0.3 is 12.0 Å². The molecular weight excluding hydrogens is 430 g/mol. The maximum absolute atomic E-state index is 13.4. The molecule has 0 saturated heterocycles. The van der Waals surface area contributed by atoms with Crippen molar-refractivity contribution in [3.8, 4) is 0 Å². The van der Waals surface area contributed by atoms with Crippen molar-refractivity contribution in [1.29, 1.82) is 0 Å². The lowest BCUT2D eigenvalue weighted by atomic mass is 9.71. The molecule has 2 amide bonds. The van der Waals surface area contributed by atoms with E-state index in [-0.39, 0.29) is 6.03 Å². The van der Waals surface area contributed by atoms with Gasteiger partial charge < -0.3 is 10.0 Å². The highest BCUT2D eigenvalue weighted by Gasteiger charge is 2.37. The average molecular weight is 468 g/mol. The van der Waals surface area contributed by atoms with E-state index in [9.17, 15) is 14.7 Å². The minimum atomic E-state index is -0.935. The van der Waals surface area contributed by atoms with Crippen LogP contribution < -0.4 is 5.32 Å². The summed E-state index contributed by atoms with van der Waals surface area (Å²) < 4.78 is -0.143. The number of anilines is 1. The first-order valence-corrected chi connectivity index (χ1v) is 13.1. The number of carboxylic acids is 1. The lowest BCUT2D eigenvalue weighted by molar-refractivity contribution is -0.138. The number of thioether (sulfide) groups is 1. The molecule has 2 fully saturated rings. The quantitative estimate of drug-likeness (QED) is 0.468. The summed E-state index contributed by atoms with van der Waals surface area (Å²) in [7, 11) is 0. The normalized spacial score (nSPS) is 23.0. The maximum Gasteiger partial charge on any atom is 0.324 e. The van der Waals surface area contributed by atoms with E-state index in [1.165, 1.54) is 48.8 Å². The lowest BCUT2D eigenvalue weighted by Crippen LogP contribution is -2.50. The van der Waals surface area contributed by atoms with Crippen LogP contribution in [0.2, 0.25) is 0 Å². The molecule has 6 nitrogen and oxygen atoms in total. The largest absolute Gasteiger partial charge is 0.480 e. The third-order valence-electron chi connectivity index (χ3n) is 6.84. The molecule has 2 aliphatic rings. The number of carbonyl (C=O) groups excluding carboxylic acids is 1. The Morgan fingerprint density at radius 2 is 1.65 bits per heavy atom. The minimum Gasteiger partial charge on any atom is -0.480 e. The number of nitrogens with zero attached hydrogens (tertiary/aromatic N) is 2. The Morgan fingerprint density at radius 3 is 2.19 bits per heavy atom. The van der Waals surface area contributed by atoms with E-state index in [1.54, 1.807) is 20.0 Å². The zero-order valence-corrected chi connectivity index (χ0v) is 21.1. The van der Waals surface area contributed by atoms with Crippen molar-refractivity contribution in [2.45, 2.75) is 107 Å². The zero-order valence-electron chi connectivity index (χ0n) is 19.4. The minimum absolute atomic E-state index is 0.0468. The maximum atomic E-state index is 13.4. The van der Waals surface area contributed by atoms with E-state index >= 15 is 0 Å². The zero-order chi connectivity index (χ0) is 22.8. The van der Waals surface area contributed by atoms with Crippen LogP contribution in [0, 0.1) is 11.3 Å². The molecule has 0 bridgehead atoms. The Balaban J connectivity index is 1.67. The van der Waals surface area contributed by atoms with E-state index in [4.69, 9.17) is 0 Å². The molecule has 1 aromatic heterocycles. The van der Waals surface area contributed by atoms with E-state index in [0.717, 1.165) is 29.9 Å². The molecule has 2 saturated carbocycles. The van der Waals surface area contributed by atoms with Crippen molar-refractivity contribution in [3.05, 3.63) is 6.20 Å². The van der Waals surface area contributed by atoms with Crippen LogP contribution in [0.4, 0.5) is 9.93 Å². The molecule has 0 aliphatic heterocycles. The molecule has 1 heterocycles. The summed E-state index contributed by atoms with van der Waals surface area (Å²) in [5, 5.41) is 12.9. The summed E-state index contributed by atoms with van der Waals surface area (Å²) in [4.78, 5) is 31.2. The number of hydrogen-bond donors (Lipinski definition) is 2. The summed E-state index contributed by atoms with van der Waals surface area (Å²) in [6.45, 7) is 10.3. The molecule has 0 atom stereocenters. The number of rotatable bonds is 6. The van der Waals surface area contributed by atoms with Crippen LogP contribution in [0.1, 0.15) is 86.0 Å². The van der Waals surface area contributed by atoms with Crippen LogP contribution >= 0.6 is 23.1 Å². The first-order valence-electron chi connectivity index (χ1n) is 11.4. The van der Waals surface area contributed by atoms with E-state index in [1.807, 2.05) is 0 Å². The van der Waals surface area contributed by atoms with Gasteiger partial charge in [0.2, 0.25) is 0 Å². The summed E-state index contributed by atoms with van der Waals surface area (Å²) in [5.41, 5.74) is 0.324. The Bertz CT molecular complexity index is 773. The number of aliphatic carboxylic acids is 1. The molecule has 3 rings (SSSR count). The van der Waals surface area contributed by atoms with Crippen molar-refractivity contribution in [3.63, 3.8) is 0 Å². The molecule has 0 aromatic carbocycles. The number of aromatic nitrogens is 1. The third kappa shape index (κ3) is 6.15. The Labute approximate surface area is 194 Å². The second-order valence-corrected chi connectivity index (χ2v) is 13.5. The van der Waals surface area contributed by atoms with Crippen molar-refractivity contribution in [2.75, 3.05) is 5.32 Å². The predicted octanol–water partition coefficient (Wildman–Crippen LogP) is 6.48. The second-order valence-electron chi connectivity index (χ2n) is 10.5. The van der Waals surface area contributed by atoms with Gasteiger partial charge in [0.15, 0.2) is 5.13 Å². The van der Waals surface area contributed by atoms with Crippen molar-refractivity contribution >= 4 is 40.2 Å². The monoisotopic (exact) mass is 467 g/mol. The van der Waals surface area contributed by atoms with Crippen LogP contribution in [0.15, 0.2) is 10.4 Å². The molecule has 0 unspecified atom stereocenters. The van der Waals surface area contributed by atoms with E-state index in [2.05, 4.69) is 36.0 Å². The third-order valence-corrected chi connectivity index (χ3v) is 9.04. The molecule has 2 aliphatic carbocycles. The molecule has 0 spiro atoms. The fraction of sp³-hybridized carbons (Fsp3) is 0.783. The number of nitrogens with one attached hydrogen (secondary N) is 1. The molecule has 31 heavy (non-hydrogen) atoms. The molecular formula is C23H37N3O3S2. The number of carboxylic acid groups (broad SMARTS) is 1. The summed E-state index contributed by atoms with van der Waals surface area (Å²) in [6.07, 6.45) is 10.7. The van der Waals surface area contributed by atoms with Crippen LogP contribution in [-0.2, 0) is 4.79 Å². The van der Waals surface area contributed by atoms with Crippen LogP contribution in [-0.4, -0.2) is 43.8 Å². The number of carbonyl (C=O) groups is 2. The number of amides is 2. The van der Waals surface area contributed by atoms with Gasteiger partial charge in [0.1, 0.15) is 4.75 Å². The van der Waals surface area contributed by atoms with Crippen LogP contribution in [0.3, 0.4) is 0 Å². The highest BCUT2D eigenvalue weighted by molar-refractivity contribution is 8.03. The van der Waals surface area contributed by atoms with Gasteiger partial charge in [-0.3, -0.25) is 10.1 Å². The van der Waals surface area contributed by atoms with Crippen LogP contribution in [0.5, 0.6) is 0 Å². The number of thiazole rings is 1. The van der Waals surface area contributed by atoms with Gasteiger partial charge in [0, 0.05) is 12.1 Å². The summed E-state index contributed by atoms with van der Waals surface area (Å²) in [6, 6.07) is 0.562. The Kier molecular flexibility index (Phi) is 7.62. The molecule has 8 heteroatoms. The molecule has 1 aromatic rings. The van der Waals surface area contributed by atoms with Gasteiger partial charge in [-0.15, -0.1) is 0 Å². The van der Waals surface area contributed by atoms with Gasteiger partial charge in [-0.1, -0.05) is 56.7 Å². The standard InChI is InChI=1S/C23H37N3O3S2/c1-22(2,3)15-10-12-17(13-11-15)26(16-8-6-7-9-16)21(29)25-20-24-14-18(30-20)31-23(4,5)19(27)28/h14-17H,6-13H2,1-5H3,(H,27,28)(H,24,25,29). The van der Waals surface area contributed by atoms with E-state index < -0.39 is 10.7 Å². The molecule has 2 N–H and O–H groups in total. The predicted molar refractivity (Wildman–Crippen MR) is 128 cm³/mol. The van der Waals surface area contributed by atoms with Crippen molar-refractivity contribution in [2.24, 2.45) is 11.3 Å². The highest BCUT2D eigenvalue weighted by atomic mass is 32.2. The topological polar surface area (TPSA) is 82.5 Å². The highest BCUT2D eigenvalue weighted by Crippen LogP contribution is 2.41. The van der Waals surface area contributed by atoms with Gasteiger partial charge in [-0.2, -0.15) is 0 Å². The fourth-order valence-electron chi connectivity index (χ4n) is 4.85. The summed E-state index contributed by atoms with van der Waals surface area (Å²) in [5.74, 6) is -0.150. The van der Waals surface area contributed by atoms with Gasteiger partial charge in [0.25, 0.3) is 0 Å². The smallest absolute Gasteiger partial charge is 0.324 e. The fourth-order valence-corrected chi connectivity index (χ4v) is 7.11. The first kappa shape index (κ1) is 24.4. The van der Waals surface area contributed by atoms with Crippen molar-refractivity contribution in [1.82, 2.24) is 9.88 Å². The molecule has 174 valence electrons. The number of hydrogen-bond acceptors (Lipinski definition) is 5. The van der Waals surface area contributed by atoms with Crippen LogP contribution in [0.25, 0.3) is 0 Å².